The third-order valence-electron chi connectivity index (χ3n) is 3.78. The van der Waals surface area contributed by atoms with Crippen molar-refractivity contribution in [2.24, 2.45) is 5.41 Å². The number of amides is 1. The summed E-state index contributed by atoms with van der Waals surface area (Å²) in [5, 5.41) is 6.03. The van der Waals surface area contributed by atoms with Crippen molar-refractivity contribution in [2.75, 3.05) is 5.32 Å². The molecule has 0 aliphatic carbocycles. The third kappa shape index (κ3) is 6.34. The van der Waals surface area contributed by atoms with Crippen LogP contribution in [0.3, 0.4) is 0 Å². The number of thiophene rings is 1. The smallest absolute Gasteiger partial charge is 0.228 e. The molecule has 5 nitrogen and oxygen atoms in total. The van der Waals surface area contributed by atoms with Crippen LogP contribution in [-0.2, 0) is 4.79 Å². The fourth-order valence-corrected chi connectivity index (χ4v) is 3.79. The standard InChI is InChI=1S/C18H25Cl3N2O3S/c1-7-8-11(25)12-9(2)13(10(3)24)27-14(12)22-15(18(19,20)21)23-16(26)17(4,5)6/h15,22H,7-8H2,1-6H3,(H,23,26). The fraction of sp³-hybridized carbons (Fsp3) is 0.611. The van der Waals surface area contributed by atoms with Gasteiger partial charge in [0, 0.05) is 11.8 Å². The molecule has 1 aromatic heterocycles. The summed E-state index contributed by atoms with van der Waals surface area (Å²) in [7, 11) is 0. The molecule has 0 saturated carbocycles. The first kappa shape index (κ1) is 24.2. The van der Waals surface area contributed by atoms with Gasteiger partial charge in [-0.05, 0) is 25.8 Å². The SMILES string of the molecule is CCCC(=O)c1c(NC(NC(=O)C(C)(C)C)C(Cl)(Cl)Cl)sc(C(C)=O)c1C. The maximum absolute atomic E-state index is 12.6. The van der Waals surface area contributed by atoms with Crippen LogP contribution in [0.1, 0.15) is 73.1 Å². The van der Waals surface area contributed by atoms with Crippen molar-refractivity contribution in [3.8, 4) is 0 Å². The Bertz CT molecular complexity index is 733. The summed E-state index contributed by atoms with van der Waals surface area (Å²) in [5.41, 5.74) is 0.294. The number of halogens is 3. The molecule has 1 aromatic rings. The van der Waals surface area contributed by atoms with Gasteiger partial charge >= 0.3 is 0 Å². The molecule has 9 heteroatoms. The van der Waals surface area contributed by atoms with Gasteiger partial charge in [-0.1, -0.05) is 62.5 Å². The molecule has 1 amide bonds. The normalized spacial score (nSPS) is 13.2. The van der Waals surface area contributed by atoms with Crippen molar-refractivity contribution in [3.05, 3.63) is 16.0 Å². The van der Waals surface area contributed by atoms with Gasteiger partial charge in [0.25, 0.3) is 0 Å². The third-order valence-corrected chi connectivity index (χ3v) is 5.76. The van der Waals surface area contributed by atoms with Gasteiger partial charge in [-0.2, -0.15) is 0 Å². The van der Waals surface area contributed by atoms with Gasteiger partial charge in [0.05, 0.1) is 10.4 Å². The molecule has 0 aliphatic rings. The largest absolute Gasteiger partial charge is 0.353 e. The topological polar surface area (TPSA) is 75.3 Å². The predicted molar refractivity (Wildman–Crippen MR) is 114 cm³/mol. The van der Waals surface area contributed by atoms with Crippen LogP contribution in [0.4, 0.5) is 5.00 Å². The van der Waals surface area contributed by atoms with Gasteiger partial charge in [-0.3, -0.25) is 14.4 Å². The van der Waals surface area contributed by atoms with Crippen LogP contribution >= 0.6 is 46.1 Å². The molecule has 0 radical (unpaired) electrons. The van der Waals surface area contributed by atoms with E-state index in [4.69, 9.17) is 34.8 Å². The Labute approximate surface area is 179 Å². The Hall–Kier alpha value is -0.820. The van der Waals surface area contributed by atoms with E-state index in [2.05, 4.69) is 10.6 Å². The van der Waals surface area contributed by atoms with Crippen LogP contribution in [0, 0.1) is 12.3 Å². The summed E-state index contributed by atoms with van der Waals surface area (Å²) in [6, 6.07) is 0. The first-order valence-corrected chi connectivity index (χ1v) is 10.5. The van der Waals surface area contributed by atoms with Crippen molar-refractivity contribution in [2.45, 2.75) is 64.3 Å². The van der Waals surface area contributed by atoms with Crippen molar-refractivity contribution in [3.63, 3.8) is 0 Å². The molecule has 1 atom stereocenters. The van der Waals surface area contributed by atoms with Crippen LogP contribution in [0.5, 0.6) is 0 Å². The van der Waals surface area contributed by atoms with E-state index >= 15 is 0 Å². The summed E-state index contributed by atoms with van der Waals surface area (Å²) in [4.78, 5) is 37.4. The Morgan fingerprint density at radius 1 is 1.15 bits per heavy atom. The highest BCUT2D eigenvalue weighted by Crippen LogP contribution is 2.38. The number of ketones is 2. The molecule has 0 saturated heterocycles. The van der Waals surface area contributed by atoms with Crippen LogP contribution in [-0.4, -0.2) is 27.4 Å². The zero-order valence-electron chi connectivity index (χ0n) is 16.3. The average molecular weight is 456 g/mol. The lowest BCUT2D eigenvalue weighted by atomic mass is 9.95. The Morgan fingerprint density at radius 2 is 1.70 bits per heavy atom. The fourth-order valence-electron chi connectivity index (χ4n) is 2.32. The van der Waals surface area contributed by atoms with Gasteiger partial charge < -0.3 is 10.6 Å². The van der Waals surface area contributed by atoms with Gasteiger partial charge in [0.2, 0.25) is 9.70 Å². The highest BCUT2D eigenvalue weighted by molar-refractivity contribution is 7.18. The molecular weight excluding hydrogens is 431 g/mol. The van der Waals surface area contributed by atoms with Crippen molar-refractivity contribution in [1.82, 2.24) is 5.32 Å². The van der Waals surface area contributed by atoms with Crippen molar-refractivity contribution < 1.29 is 14.4 Å². The number of Topliss-reactive ketones (excluding diaryl/α,β-unsaturated/α-hetero) is 2. The molecule has 0 bridgehead atoms. The number of hydrogen-bond acceptors (Lipinski definition) is 5. The molecule has 1 heterocycles. The highest BCUT2D eigenvalue weighted by atomic mass is 35.6. The molecule has 1 unspecified atom stereocenters. The van der Waals surface area contributed by atoms with E-state index in [9.17, 15) is 14.4 Å². The molecule has 0 aliphatic heterocycles. The van der Waals surface area contributed by atoms with E-state index in [1.807, 2.05) is 6.92 Å². The van der Waals surface area contributed by atoms with Crippen LogP contribution in [0.15, 0.2) is 0 Å². The lowest BCUT2D eigenvalue weighted by Crippen LogP contribution is -2.52. The molecule has 0 fully saturated rings. The maximum atomic E-state index is 12.6. The van der Waals surface area contributed by atoms with Gasteiger partial charge in [0.1, 0.15) is 11.2 Å². The van der Waals surface area contributed by atoms with Crippen molar-refractivity contribution >= 4 is 68.6 Å². The lowest BCUT2D eigenvalue weighted by molar-refractivity contribution is -0.129. The Morgan fingerprint density at radius 3 is 2.11 bits per heavy atom. The number of rotatable bonds is 7. The average Bonchev–Trinajstić information content (AvgIpc) is 2.81. The van der Waals surface area contributed by atoms with Gasteiger partial charge in [0.15, 0.2) is 11.6 Å². The van der Waals surface area contributed by atoms with Crippen LogP contribution in [0.25, 0.3) is 0 Å². The first-order chi connectivity index (χ1) is 12.2. The minimum absolute atomic E-state index is 0.105. The molecule has 1 rings (SSSR count). The van der Waals surface area contributed by atoms with E-state index in [-0.39, 0.29) is 17.5 Å². The molecule has 27 heavy (non-hydrogen) atoms. The lowest BCUT2D eigenvalue weighted by Gasteiger charge is -2.30. The molecule has 0 spiro atoms. The summed E-state index contributed by atoms with van der Waals surface area (Å²) >= 11 is 19.3. The number of carbonyl (C=O) groups excluding carboxylic acids is 3. The number of alkyl halides is 3. The Kier molecular flexibility index (Phi) is 8.18. The number of anilines is 1. The Balaban J connectivity index is 3.36. The molecule has 152 valence electrons. The zero-order chi connectivity index (χ0) is 21.2. The summed E-state index contributed by atoms with van der Waals surface area (Å²) in [5.74, 6) is -0.584. The zero-order valence-corrected chi connectivity index (χ0v) is 19.3. The number of carbonyl (C=O) groups is 3. The quantitative estimate of drug-likeness (QED) is 0.323. The summed E-state index contributed by atoms with van der Waals surface area (Å²) < 4.78 is -1.87. The number of hydrogen-bond donors (Lipinski definition) is 2. The van der Waals surface area contributed by atoms with E-state index < -0.39 is 15.4 Å². The number of nitrogens with one attached hydrogen (secondary N) is 2. The second-order valence-corrected chi connectivity index (χ2v) is 10.7. The van der Waals surface area contributed by atoms with E-state index in [1.54, 1.807) is 27.7 Å². The minimum Gasteiger partial charge on any atom is -0.353 e. The predicted octanol–water partition coefficient (Wildman–Crippen LogP) is 5.51. The van der Waals surface area contributed by atoms with Gasteiger partial charge in [-0.25, -0.2) is 0 Å². The van der Waals surface area contributed by atoms with E-state index in [0.29, 0.717) is 33.8 Å². The van der Waals surface area contributed by atoms with Gasteiger partial charge in [-0.15, -0.1) is 11.3 Å². The minimum atomic E-state index is -1.87. The van der Waals surface area contributed by atoms with Crippen LogP contribution in [0.2, 0.25) is 0 Å². The molecule has 2 N–H and O–H groups in total. The highest BCUT2D eigenvalue weighted by Gasteiger charge is 2.38. The molecular formula is C18H25Cl3N2O3S. The van der Waals surface area contributed by atoms with Crippen molar-refractivity contribution in [1.29, 1.82) is 0 Å². The summed E-state index contributed by atoms with van der Waals surface area (Å²) in [6.45, 7) is 10.3. The monoisotopic (exact) mass is 454 g/mol. The molecule has 0 aromatic carbocycles. The van der Waals surface area contributed by atoms with E-state index in [0.717, 1.165) is 11.3 Å². The van der Waals surface area contributed by atoms with Crippen LogP contribution < -0.4 is 10.6 Å². The first-order valence-electron chi connectivity index (χ1n) is 8.51. The summed E-state index contributed by atoms with van der Waals surface area (Å²) in [6.07, 6.45) is -0.0891. The van der Waals surface area contributed by atoms with E-state index in [1.165, 1.54) is 6.92 Å². The second-order valence-electron chi connectivity index (χ2n) is 7.33. The maximum Gasteiger partial charge on any atom is 0.228 e. The second kappa shape index (κ2) is 9.12.